The number of piperazine rings is 1. The summed E-state index contributed by atoms with van der Waals surface area (Å²) >= 11 is 1.84. The highest BCUT2D eigenvalue weighted by molar-refractivity contribution is 8.01. The fourth-order valence-corrected chi connectivity index (χ4v) is 5.12. The Morgan fingerprint density at radius 1 is 1.30 bits per heavy atom. The fourth-order valence-electron chi connectivity index (χ4n) is 3.60. The predicted octanol–water partition coefficient (Wildman–Crippen LogP) is -0.190. The molecule has 5 heteroatoms. The number of hydrogen-bond donors (Lipinski definition) is 2. The molecule has 2 fully saturated rings. The highest BCUT2D eigenvalue weighted by Crippen LogP contribution is 2.44. The van der Waals surface area contributed by atoms with Gasteiger partial charge in [-0.2, -0.15) is 0 Å². The molecule has 0 unspecified atom stereocenters. The number of carbonyl (C=O) groups excluding carboxylic acids is 1. The van der Waals surface area contributed by atoms with Crippen LogP contribution in [-0.4, -0.2) is 55.3 Å². The lowest BCUT2D eigenvalue weighted by Crippen LogP contribution is -3.20. The van der Waals surface area contributed by atoms with Gasteiger partial charge in [0, 0.05) is 0 Å². The Morgan fingerprint density at radius 3 is 2.74 bits per heavy atom. The standard InChI is InChI=1S/C18H27N3OS/c1-3-16-17(22)21(13-12-20-10-8-19-9-11-20)18(23-16)15-7-5-4-6-14(15)2/h4-7,16,18-19H,3,8-13H2,1-2H3/p+2/t16-,18+/m0/s1. The minimum atomic E-state index is 0.129. The zero-order valence-electron chi connectivity index (χ0n) is 14.3. The van der Waals surface area contributed by atoms with Crippen LogP contribution in [0.5, 0.6) is 0 Å². The first-order valence-electron chi connectivity index (χ1n) is 8.87. The summed E-state index contributed by atoms with van der Waals surface area (Å²) < 4.78 is 0. The van der Waals surface area contributed by atoms with E-state index in [1.54, 1.807) is 4.90 Å². The number of rotatable bonds is 5. The van der Waals surface area contributed by atoms with Gasteiger partial charge in [-0.05, 0) is 24.5 Å². The van der Waals surface area contributed by atoms with Gasteiger partial charge in [-0.25, -0.2) is 0 Å². The van der Waals surface area contributed by atoms with Crippen molar-refractivity contribution in [1.82, 2.24) is 4.90 Å². The highest BCUT2D eigenvalue weighted by atomic mass is 32.2. The first kappa shape index (κ1) is 16.8. The van der Waals surface area contributed by atoms with Crippen molar-refractivity contribution in [3.05, 3.63) is 35.4 Å². The van der Waals surface area contributed by atoms with E-state index in [0.717, 1.165) is 19.5 Å². The number of hydrogen-bond acceptors (Lipinski definition) is 2. The number of nitrogens with zero attached hydrogens (tertiary/aromatic N) is 1. The number of amides is 1. The van der Waals surface area contributed by atoms with Crippen LogP contribution < -0.4 is 10.2 Å². The number of thioether (sulfide) groups is 1. The Kier molecular flexibility index (Phi) is 5.62. The number of benzene rings is 1. The van der Waals surface area contributed by atoms with Crippen LogP contribution in [-0.2, 0) is 4.79 Å². The molecule has 0 bridgehead atoms. The molecular weight excluding hydrogens is 306 g/mol. The Morgan fingerprint density at radius 2 is 2.04 bits per heavy atom. The normalized spacial score (nSPS) is 26.0. The second-order valence-corrected chi connectivity index (χ2v) is 7.93. The van der Waals surface area contributed by atoms with Gasteiger partial charge in [-0.1, -0.05) is 31.2 Å². The molecule has 4 nitrogen and oxygen atoms in total. The quantitative estimate of drug-likeness (QED) is 0.783. The smallest absolute Gasteiger partial charge is 0.237 e. The van der Waals surface area contributed by atoms with Crippen molar-refractivity contribution < 1.29 is 15.0 Å². The fraction of sp³-hybridized carbons (Fsp3) is 0.611. The van der Waals surface area contributed by atoms with Gasteiger partial charge in [-0.3, -0.25) is 4.79 Å². The second-order valence-electron chi connectivity index (χ2n) is 6.64. The lowest BCUT2D eigenvalue weighted by Gasteiger charge is -2.28. The molecule has 126 valence electrons. The summed E-state index contributed by atoms with van der Waals surface area (Å²) in [6.45, 7) is 11.1. The molecule has 2 atom stereocenters. The van der Waals surface area contributed by atoms with Gasteiger partial charge in [0.15, 0.2) is 0 Å². The summed E-state index contributed by atoms with van der Waals surface area (Å²) in [6.07, 6.45) is 0.925. The van der Waals surface area contributed by atoms with E-state index in [2.05, 4.69) is 48.3 Å². The van der Waals surface area contributed by atoms with E-state index in [1.165, 1.54) is 37.3 Å². The molecule has 3 N–H and O–H groups in total. The first-order chi connectivity index (χ1) is 11.2. The van der Waals surface area contributed by atoms with Crippen LogP contribution in [0.15, 0.2) is 24.3 Å². The van der Waals surface area contributed by atoms with Crippen molar-refractivity contribution in [3.63, 3.8) is 0 Å². The lowest BCUT2D eigenvalue weighted by atomic mass is 10.1. The summed E-state index contributed by atoms with van der Waals surface area (Å²) in [5, 5.41) is 2.72. The zero-order valence-corrected chi connectivity index (χ0v) is 15.1. The molecule has 3 rings (SSSR count). The topological polar surface area (TPSA) is 41.4 Å². The largest absolute Gasteiger partial charge is 0.337 e. The third kappa shape index (κ3) is 3.73. The summed E-state index contributed by atoms with van der Waals surface area (Å²) in [4.78, 5) is 16.6. The molecule has 1 aromatic rings. The summed E-state index contributed by atoms with van der Waals surface area (Å²) in [7, 11) is 0. The maximum atomic E-state index is 12.8. The van der Waals surface area contributed by atoms with Gasteiger partial charge in [-0.15, -0.1) is 11.8 Å². The van der Waals surface area contributed by atoms with Gasteiger partial charge in [0.25, 0.3) is 0 Å². The van der Waals surface area contributed by atoms with Crippen molar-refractivity contribution in [2.45, 2.75) is 30.9 Å². The third-order valence-electron chi connectivity index (χ3n) is 5.07. The van der Waals surface area contributed by atoms with E-state index < -0.39 is 0 Å². The van der Waals surface area contributed by atoms with Crippen molar-refractivity contribution in [2.24, 2.45) is 0 Å². The van der Waals surface area contributed by atoms with E-state index in [4.69, 9.17) is 0 Å². The molecule has 0 aromatic heterocycles. The average molecular weight is 336 g/mol. The number of aryl methyl sites for hydroxylation is 1. The molecule has 0 spiro atoms. The van der Waals surface area contributed by atoms with Gasteiger partial charge in [0.05, 0.1) is 18.3 Å². The van der Waals surface area contributed by atoms with Crippen LogP contribution in [0.4, 0.5) is 0 Å². The van der Waals surface area contributed by atoms with Crippen molar-refractivity contribution in [3.8, 4) is 0 Å². The van der Waals surface area contributed by atoms with Crippen molar-refractivity contribution in [2.75, 3.05) is 39.3 Å². The SMILES string of the molecule is CC[C@@H]1S[C@H](c2ccccc2C)N(CC[NH+]2CC[NH2+]CC2)C1=O. The Balaban J connectivity index is 1.73. The number of nitrogens with two attached hydrogens (primary N) is 1. The van der Waals surface area contributed by atoms with Gasteiger partial charge < -0.3 is 15.1 Å². The molecule has 2 aliphatic rings. The van der Waals surface area contributed by atoms with Gasteiger partial charge >= 0.3 is 0 Å². The molecule has 2 heterocycles. The lowest BCUT2D eigenvalue weighted by molar-refractivity contribution is -0.946. The maximum Gasteiger partial charge on any atom is 0.237 e. The summed E-state index contributed by atoms with van der Waals surface area (Å²) in [5.41, 5.74) is 2.60. The van der Waals surface area contributed by atoms with Crippen molar-refractivity contribution in [1.29, 1.82) is 0 Å². The molecule has 0 saturated carbocycles. The predicted molar refractivity (Wildman–Crippen MR) is 94.5 cm³/mol. The van der Waals surface area contributed by atoms with Crippen LogP contribution in [0.3, 0.4) is 0 Å². The van der Waals surface area contributed by atoms with Crippen LogP contribution in [0, 0.1) is 6.92 Å². The number of carbonyl (C=O) groups is 1. The van der Waals surface area contributed by atoms with Crippen LogP contribution >= 0.6 is 11.8 Å². The number of nitrogens with one attached hydrogen (secondary N) is 1. The van der Waals surface area contributed by atoms with Crippen LogP contribution in [0.1, 0.15) is 29.8 Å². The first-order valence-corrected chi connectivity index (χ1v) is 9.81. The zero-order chi connectivity index (χ0) is 16.2. The molecular formula is C18H29N3OS+2. The van der Waals surface area contributed by atoms with E-state index in [0.29, 0.717) is 5.91 Å². The molecule has 0 radical (unpaired) electrons. The Labute approximate surface area is 143 Å². The summed E-state index contributed by atoms with van der Waals surface area (Å²) in [6, 6.07) is 8.52. The second kappa shape index (κ2) is 7.69. The minimum absolute atomic E-state index is 0.129. The van der Waals surface area contributed by atoms with E-state index in [9.17, 15) is 4.79 Å². The van der Waals surface area contributed by atoms with Gasteiger partial charge in [0.1, 0.15) is 31.6 Å². The summed E-state index contributed by atoms with van der Waals surface area (Å²) in [5.74, 6) is 0.341. The minimum Gasteiger partial charge on any atom is -0.337 e. The molecule has 2 aliphatic heterocycles. The van der Waals surface area contributed by atoms with Crippen LogP contribution in [0.2, 0.25) is 0 Å². The van der Waals surface area contributed by atoms with Crippen LogP contribution in [0.25, 0.3) is 0 Å². The molecule has 1 aromatic carbocycles. The highest BCUT2D eigenvalue weighted by Gasteiger charge is 2.40. The molecule has 1 amide bonds. The van der Waals surface area contributed by atoms with E-state index in [1.807, 2.05) is 11.8 Å². The average Bonchev–Trinajstić information content (AvgIpc) is 2.90. The van der Waals surface area contributed by atoms with Gasteiger partial charge in [0.2, 0.25) is 5.91 Å². The molecule has 0 aliphatic carbocycles. The number of quaternary nitrogens is 2. The molecule has 2 saturated heterocycles. The van der Waals surface area contributed by atoms with E-state index >= 15 is 0 Å². The van der Waals surface area contributed by atoms with E-state index in [-0.39, 0.29) is 10.6 Å². The Bertz CT molecular complexity index is 545. The van der Waals surface area contributed by atoms with Crippen molar-refractivity contribution >= 4 is 17.7 Å². The maximum absolute atomic E-state index is 12.8. The third-order valence-corrected chi connectivity index (χ3v) is 6.70. The monoisotopic (exact) mass is 335 g/mol. The molecule has 23 heavy (non-hydrogen) atoms. The Hall–Kier alpha value is -1.04.